The SMILES string of the molecule is CC(=CCN(C)CC(O)CC(C(=O)O)P(=O)(O)O)CCc1ccc2ccccc2c1.[NaH].[NaH].[NaH]. The molecule has 2 aromatic rings. The predicted octanol–water partition coefficient (Wildman–Crippen LogP) is 1.09. The van der Waals surface area contributed by atoms with E-state index < -0.39 is 31.7 Å². The Kier molecular flexibility index (Phi) is 19.1. The summed E-state index contributed by atoms with van der Waals surface area (Å²) in [5.74, 6) is -1.60. The van der Waals surface area contributed by atoms with Gasteiger partial charge in [-0.05, 0) is 49.6 Å². The van der Waals surface area contributed by atoms with Crippen LogP contribution in [0.3, 0.4) is 0 Å². The summed E-state index contributed by atoms with van der Waals surface area (Å²) in [4.78, 5) is 31.0. The Hall–Kier alpha value is 0.980. The second kappa shape index (κ2) is 17.4. The summed E-state index contributed by atoms with van der Waals surface area (Å²) in [6, 6.07) is 14.7. The Morgan fingerprint density at radius 3 is 2.27 bits per heavy atom. The molecule has 0 spiro atoms. The van der Waals surface area contributed by atoms with E-state index in [4.69, 9.17) is 14.9 Å². The molecule has 0 amide bonds. The van der Waals surface area contributed by atoms with Gasteiger partial charge in [-0.3, -0.25) is 9.36 Å². The maximum atomic E-state index is 11.2. The third-order valence-corrected chi connectivity index (χ3v) is 6.33. The van der Waals surface area contributed by atoms with E-state index in [1.165, 1.54) is 21.9 Å². The average Bonchev–Trinajstić information content (AvgIpc) is 2.67. The van der Waals surface area contributed by atoms with Crippen LogP contribution in [-0.4, -0.2) is 151 Å². The van der Waals surface area contributed by atoms with Gasteiger partial charge in [-0.25, -0.2) is 0 Å². The average molecular weight is 507 g/mol. The fraction of sp³-hybridized carbons (Fsp3) is 0.409. The van der Waals surface area contributed by atoms with E-state index >= 15 is 0 Å². The summed E-state index contributed by atoms with van der Waals surface area (Å²) in [5.41, 5.74) is 0.575. The molecule has 0 aliphatic carbocycles. The van der Waals surface area contributed by atoms with Crippen molar-refractivity contribution in [2.45, 2.75) is 37.9 Å². The molecular weight excluding hydrogens is 474 g/mol. The van der Waals surface area contributed by atoms with Gasteiger partial charge in [0.05, 0.1) is 6.10 Å². The second-order valence-corrected chi connectivity index (χ2v) is 9.59. The third-order valence-electron chi connectivity index (χ3n) is 5.08. The predicted molar refractivity (Wildman–Crippen MR) is 139 cm³/mol. The molecule has 170 valence electrons. The van der Waals surface area contributed by atoms with Crippen molar-refractivity contribution in [2.75, 3.05) is 20.1 Å². The van der Waals surface area contributed by atoms with E-state index in [1.54, 1.807) is 11.9 Å². The van der Waals surface area contributed by atoms with Crippen molar-refractivity contribution < 1.29 is 29.4 Å². The Morgan fingerprint density at radius 2 is 1.70 bits per heavy atom. The van der Waals surface area contributed by atoms with Crippen LogP contribution < -0.4 is 0 Å². The van der Waals surface area contributed by atoms with E-state index in [9.17, 15) is 14.5 Å². The Morgan fingerprint density at radius 1 is 1.09 bits per heavy atom. The Bertz CT molecular complexity index is 953. The molecule has 0 aliphatic rings. The number of aliphatic carboxylic acids is 1. The first-order chi connectivity index (χ1) is 14.1. The number of hydrogen-bond donors (Lipinski definition) is 4. The second-order valence-electron chi connectivity index (χ2n) is 7.79. The summed E-state index contributed by atoms with van der Waals surface area (Å²) in [6.07, 6.45) is 2.23. The minimum atomic E-state index is -4.80. The van der Waals surface area contributed by atoms with Crippen LogP contribution in [-0.2, 0) is 15.8 Å². The van der Waals surface area contributed by atoms with Crippen molar-refractivity contribution in [3.63, 3.8) is 0 Å². The van der Waals surface area contributed by atoms with Crippen LogP contribution in [0.5, 0.6) is 0 Å². The van der Waals surface area contributed by atoms with Gasteiger partial charge in [-0.2, -0.15) is 0 Å². The molecule has 0 aliphatic heterocycles. The molecule has 2 rings (SSSR count). The fourth-order valence-corrected chi connectivity index (χ4v) is 4.10. The first-order valence-corrected chi connectivity index (χ1v) is 11.5. The molecule has 0 aromatic heterocycles. The van der Waals surface area contributed by atoms with Crippen molar-refractivity contribution in [1.29, 1.82) is 0 Å². The number of carbonyl (C=O) groups is 1. The number of aryl methyl sites for hydroxylation is 1. The molecule has 2 aromatic carbocycles. The van der Waals surface area contributed by atoms with Crippen molar-refractivity contribution >= 4 is 113 Å². The summed E-state index contributed by atoms with van der Waals surface area (Å²) < 4.78 is 11.2. The van der Waals surface area contributed by atoms with E-state index in [1.807, 2.05) is 25.1 Å². The van der Waals surface area contributed by atoms with Gasteiger partial charge in [0.2, 0.25) is 0 Å². The van der Waals surface area contributed by atoms with Crippen molar-refractivity contribution in [2.24, 2.45) is 0 Å². The zero-order chi connectivity index (χ0) is 22.3. The molecule has 2 atom stereocenters. The van der Waals surface area contributed by atoms with E-state index in [0.29, 0.717) is 6.54 Å². The molecule has 2 unspecified atom stereocenters. The topological polar surface area (TPSA) is 118 Å². The summed E-state index contributed by atoms with van der Waals surface area (Å²) in [6.45, 7) is 2.71. The standard InChI is InChI=1S/C22H30NO6P.3Na.3H/c1-16(7-8-17-9-10-18-5-3-4-6-19(18)13-17)11-12-23(2)15-20(24)14-21(22(25)26)30(27,28)29;;;;;;/h3-6,9-11,13,20-21,24H,7-8,12,14-15H2,1-2H3,(H,25,26)(H2,27,28,29);;;;;;. The first kappa shape index (κ1) is 36.1. The van der Waals surface area contributed by atoms with Gasteiger partial charge in [-0.15, -0.1) is 0 Å². The number of nitrogens with zero attached hydrogens (tertiary/aromatic N) is 1. The van der Waals surface area contributed by atoms with Gasteiger partial charge >= 0.3 is 102 Å². The van der Waals surface area contributed by atoms with Crippen LogP contribution in [0.1, 0.15) is 25.3 Å². The minimum absolute atomic E-state index is 0. The normalized spacial score (nSPS) is 13.5. The maximum absolute atomic E-state index is 11.2. The van der Waals surface area contributed by atoms with Gasteiger partial charge in [0, 0.05) is 13.1 Å². The first-order valence-electron chi connectivity index (χ1n) is 9.84. The van der Waals surface area contributed by atoms with E-state index in [-0.39, 0.29) is 95.2 Å². The molecule has 0 radical (unpaired) electrons. The quantitative estimate of drug-likeness (QED) is 0.204. The zero-order valence-corrected chi connectivity index (χ0v) is 18.2. The molecule has 4 N–H and O–H groups in total. The van der Waals surface area contributed by atoms with Crippen molar-refractivity contribution in [3.8, 4) is 0 Å². The van der Waals surface area contributed by atoms with Crippen LogP contribution in [0, 0.1) is 0 Å². The number of rotatable bonds is 11. The van der Waals surface area contributed by atoms with Crippen LogP contribution in [0.15, 0.2) is 54.1 Å². The van der Waals surface area contributed by atoms with Gasteiger partial charge in [0.15, 0.2) is 5.66 Å². The molecule has 0 fully saturated rings. The number of carboxylic acid groups (broad SMARTS) is 1. The number of aliphatic hydroxyl groups is 1. The molecule has 0 saturated carbocycles. The monoisotopic (exact) mass is 507 g/mol. The molecule has 33 heavy (non-hydrogen) atoms. The molecule has 7 nitrogen and oxygen atoms in total. The van der Waals surface area contributed by atoms with Gasteiger partial charge < -0.3 is 24.9 Å². The van der Waals surface area contributed by atoms with E-state index in [0.717, 1.165) is 12.8 Å². The summed E-state index contributed by atoms with van der Waals surface area (Å²) in [5, 5.41) is 21.4. The number of allylic oxidation sites excluding steroid dienone is 1. The number of fused-ring (bicyclic) bond motifs is 1. The van der Waals surface area contributed by atoms with Gasteiger partial charge in [0.1, 0.15) is 0 Å². The van der Waals surface area contributed by atoms with Crippen molar-refractivity contribution in [1.82, 2.24) is 4.90 Å². The molecule has 0 saturated heterocycles. The van der Waals surface area contributed by atoms with Gasteiger partial charge in [0.25, 0.3) is 0 Å². The number of likely N-dealkylation sites (N-methyl/N-ethyl adjacent to an activating group) is 1. The summed E-state index contributed by atoms with van der Waals surface area (Å²) >= 11 is 0. The summed E-state index contributed by atoms with van der Waals surface area (Å²) in [7, 11) is -3.04. The molecular formula is C22H33NNa3O6P. The molecule has 0 bridgehead atoms. The molecule has 11 heteroatoms. The van der Waals surface area contributed by atoms with Crippen LogP contribution in [0.2, 0.25) is 0 Å². The fourth-order valence-electron chi connectivity index (χ4n) is 3.30. The van der Waals surface area contributed by atoms with Crippen LogP contribution in [0.4, 0.5) is 0 Å². The van der Waals surface area contributed by atoms with Crippen LogP contribution in [0.25, 0.3) is 10.8 Å². The van der Waals surface area contributed by atoms with Gasteiger partial charge in [-0.1, -0.05) is 54.1 Å². The van der Waals surface area contributed by atoms with Crippen LogP contribution >= 0.6 is 7.60 Å². The number of benzene rings is 2. The Balaban J connectivity index is 0. The third kappa shape index (κ3) is 13.2. The van der Waals surface area contributed by atoms with E-state index in [2.05, 4.69) is 30.3 Å². The number of aliphatic hydroxyl groups excluding tert-OH is 1. The Labute approximate surface area is 262 Å². The number of hydrogen-bond acceptors (Lipinski definition) is 4. The molecule has 0 heterocycles. The zero-order valence-electron chi connectivity index (χ0n) is 17.3. The number of carboxylic acids is 1. The van der Waals surface area contributed by atoms with Crippen molar-refractivity contribution in [3.05, 3.63) is 59.7 Å².